The lowest BCUT2D eigenvalue weighted by molar-refractivity contribution is 0.768. The van der Waals surface area contributed by atoms with Crippen LogP contribution in [0.3, 0.4) is 0 Å². The van der Waals surface area contributed by atoms with Crippen LogP contribution in [0.15, 0.2) is 59.8 Å². The van der Waals surface area contributed by atoms with Crippen LogP contribution in [0, 0.1) is 6.92 Å². The van der Waals surface area contributed by atoms with Crippen molar-refractivity contribution >= 4 is 21.7 Å². The van der Waals surface area contributed by atoms with Crippen LogP contribution >= 0.6 is 0 Å². The summed E-state index contributed by atoms with van der Waals surface area (Å²) in [5, 5.41) is 6.47. The monoisotopic (exact) mass is 301 g/mol. The van der Waals surface area contributed by atoms with Crippen LogP contribution in [-0.4, -0.2) is 14.8 Å². The smallest absolute Gasteiger partial charge is 0.195 e. The fourth-order valence-corrected chi connectivity index (χ4v) is 2.84. The van der Waals surface area contributed by atoms with Crippen molar-refractivity contribution in [2.24, 2.45) is 7.05 Å². The summed E-state index contributed by atoms with van der Waals surface area (Å²) < 4.78 is 1.74. The van der Waals surface area contributed by atoms with Gasteiger partial charge in [-0.15, -0.1) is 0 Å². The molecule has 0 amide bonds. The zero-order valence-electron chi connectivity index (χ0n) is 12.9. The summed E-state index contributed by atoms with van der Waals surface area (Å²) in [5.41, 5.74) is 3.65. The maximum absolute atomic E-state index is 13.0. The van der Waals surface area contributed by atoms with Gasteiger partial charge in [0.25, 0.3) is 0 Å². The van der Waals surface area contributed by atoms with Gasteiger partial charge in [0, 0.05) is 41.3 Å². The van der Waals surface area contributed by atoms with E-state index in [1.807, 2.05) is 56.6 Å². The van der Waals surface area contributed by atoms with Gasteiger partial charge in [0.15, 0.2) is 5.43 Å². The minimum Gasteiger partial charge on any atom is -0.289 e. The molecule has 0 fully saturated rings. The van der Waals surface area contributed by atoms with E-state index in [-0.39, 0.29) is 5.43 Å². The predicted molar refractivity (Wildman–Crippen MR) is 92.5 cm³/mol. The first-order chi connectivity index (χ1) is 11.1. The summed E-state index contributed by atoms with van der Waals surface area (Å²) in [7, 11) is 1.87. The highest BCUT2D eigenvalue weighted by molar-refractivity contribution is 5.93. The molecule has 0 spiro atoms. The zero-order valence-corrected chi connectivity index (χ0v) is 12.9. The highest BCUT2D eigenvalue weighted by Gasteiger charge is 2.07. The molecule has 0 saturated carbocycles. The van der Waals surface area contributed by atoms with E-state index in [1.165, 1.54) is 0 Å². The number of benzene rings is 1. The van der Waals surface area contributed by atoms with Crippen molar-refractivity contribution in [1.29, 1.82) is 0 Å². The first kappa shape index (κ1) is 13.6. The summed E-state index contributed by atoms with van der Waals surface area (Å²) in [6.07, 6.45) is 5.48. The second-order valence-electron chi connectivity index (χ2n) is 5.81. The normalized spacial score (nSPS) is 11.2. The summed E-state index contributed by atoms with van der Waals surface area (Å²) in [5.74, 6) is 0. The number of nitrogens with zero attached hydrogens (tertiary/aromatic N) is 3. The van der Waals surface area contributed by atoms with Gasteiger partial charge in [-0.3, -0.25) is 14.5 Å². The van der Waals surface area contributed by atoms with Crippen molar-refractivity contribution in [3.63, 3.8) is 0 Å². The molecule has 4 rings (SSSR count). The Hall–Kier alpha value is -3.01. The van der Waals surface area contributed by atoms with E-state index in [1.54, 1.807) is 17.1 Å². The molecule has 0 aliphatic rings. The first-order valence-corrected chi connectivity index (χ1v) is 7.44. The van der Waals surface area contributed by atoms with Gasteiger partial charge in [0.1, 0.15) is 0 Å². The Balaban J connectivity index is 2.09. The van der Waals surface area contributed by atoms with Gasteiger partial charge in [-0.05, 0) is 30.5 Å². The Kier molecular flexibility index (Phi) is 2.98. The molecule has 4 aromatic rings. The molecule has 2 aromatic carbocycles. The van der Waals surface area contributed by atoms with Crippen molar-refractivity contribution in [2.75, 3.05) is 0 Å². The maximum Gasteiger partial charge on any atom is 0.195 e. The number of fused-ring (bicyclic) bond motifs is 2. The summed E-state index contributed by atoms with van der Waals surface area (Å²) >= 11 is 0. The van der Waals surface area contributed by atoms with Gasteiger partial charge >= 0.3 is 0 Å². The first-order valence-electron chi connectivity index (χ1n) is 7.44. The molecular formula is C19H15N3O. The molecule has 0 aliphatic heterocycles. The van der Waals surface area contributed by atoms with E-state index < -0.39 is 0 Å². The molecule has 112 valence electrons. The molecule has 23 heavy (non-hydrogen) atoms. The maximum atomic E-state index is 13.0. The Bertz CT molecular complexity index is 1110. The van der Waals surface area contributed by atoms with Crippen LogP contribution in [0.5, 0.6) is 0 Å². The number of aryl methyl sites for hydroxylation is 2. The van der Waals surface area contributed by atoms with Crippen LogP contribution in [0.2, 0.25) is 0 Å². The highest BCUT2D eigenvalue weighted by atomic mass is 16.1. The molecule has 0 unspecified atom stereocenters. The molecule has 0 aliphatic carbocycles. The third-order valence-electron chi connectivity index (χ3n) is 4.08. The minimum absolute atomic E-state index is 0.0157. The zero-order chi connectivity index (χ0) is 16.0. The number of rotatable bonds is 1. The fourth-order valence-electron chi connectivity index (χ4n) is 2.84. The second-order valence-corrected chi connectivity index (χ2v) is 5.81. The van der Waals surface area contributed by atoms with Crippen molar-refractivity contribution in [3.8, 4) is 11.1 Å². The van der Waals surface area contributed by atoms with E-state index in [9.17, 15) is 4.79 Å². The van der Waals surface area contributed by atoms with Crippen LogP contribution < -0.4 is 5.43 Å². The quantitative estimate of drug-likeness (QED) is 0.541. The number of pyridine rings is 1. The average molecular weight is 301 g/mol. The van der Waals surface area contributed by atoms with Gasteiger partial charge in [-0.2, -0.15) is 5.10 Å². The van der Waals surface area contributed by atoms with Crippen LogP contribution in [-0.2, 0) is 7.05 Å². The van der Waals surface area contributed by atoms with Crippen LogP contribution in [0.4, 0.5) is 0 Å². The van der Waals surface area contributed by atoms with E-state index in [0.717, 1.165) is 27.5 Å². The van der Waals surface area contributed by atoms with Crippen molar-refractivity contribution in [3.05, 3.63) is 70.8 Å². The third kappa shape index (κ3) is 2.28. The molecule has 2 aromatic heterocycles. The van der Waals surface area contributed by atoms with Gasteiger partial charge < -0.3 is 0 Å². The second kappa shape index (κ2) is 5.02. The van der Waals surface area contributed by atoms with E-state index in [4.69, 9.17) is 0 Å². The standard InChI is InChI=1S/C19H15N3O/c1-12-3-4-13-5-6-18-17(19(23)16(13)7-12)8-14(9-20-18)15-10-21-22(2)11-15/h3-11H,1-2H3. The molecule has 0 radical (unpaired) electrons. The van der Waals surface area contributed by atoms with E-state index in [0.29, 0.717) is 10.9 Å². The number of hydrogen-bond donors (Lipinski definition) is 0. The van der Waals surface area contributed by atoms with Gasteiger partial charge in [0.05, 0.1) is 11.7 Å². The van der Waals surface area contributed by atoms with Crippen LogP contribution in [0.25, 0.3) is 32.8 Å². The fraction of sp³-hybridized carbons (Fsp3) is 0.105. The molecule has 4 heteroatoms. The third-order valence-corrected chi connectivity index (χ3v) is 4.08. The predicted octanol–water partition coefficient (Wildman–Crippen LogP) is 3.46. The van der Waals surface area contributed by atoms with Crippen molar-refractivity contribution in [1.82, 2.24) is 14.8 Å². The molecule has 0 atom stereocenters. The lowest BCUT2D eigenvalue weighted by Crippen LogP contribution is -1.99. The average Bonchev–Trinajstić information content (AvgIpc) is 2.94. The van der Waals surface area contributed by atoms with Crippen molar-refractivity contribution in [2.45, 2.75) is 6.92 Å². The highest BCUT2D eigenvalue weighted by Crippen LogP contribution is 2.22. The largest absolute Gasteiger partial charge is 0.289 e. The van der Waals surface area contributed by atoms with Gasteiger partial charge in [-0.25, -0.2) is 0 Å². The van der Waals surface area contributed by atoms with Crippen LogP contribution in [0.1, 0.15) is 5.56 Å². The van der Waals surface area contributed by atoms with Crippen molar-refractivity contribution < 1.29 is 0 Å². The van der Waals surface area contributed by atoms with E-state index in [2.05, 4.69) is 10.1 Å². The lowest BCUT2D eigenvalue weighted by Gasteiger charge is -1.98. The minimum atomic E-state index is 0.0157. The SMILES string of the molecule is Cc1ccc2ccc3ncc(-c4cnn(C)c4)cc3c(=O)c2c1. The Morgan fingerprint density at radius 2 is 1.78 bits per heavy atom. The Morgan fingerprint density at radius 1 is 0.957 bits per heavy atom. The molecule has 0 bridgehead atoms. The molecular weight excluding hydrogens is 286 g/mol. The number of aromatic nitrogens is 3. The lowest BCUT2D eigenvalue weighted by atomic mass is 10.1. The van der Waals surface area contributed by atoms with Gasteiger partial charge in [-0.1, -0.05) is 23.8 Å². The molecule has 0 N–H and O–H groups in total. The molecule has 4 nitrogen and oxygen atoms in total. The molecule has 2 heterocycles. The molecule has 0 saturated heterocycles. The topological polar surface area (TPSA) is 47.8 Å². The van der Waals surface area contributed by atoms with E-state index >= 15 is 0 Å². The Morgan fingerprint density at radius 3 is 2.57 bits per heavy atom. The number of hydrogen-bond acceptors (Lipinski definition) is 3. The Labute approximate surface area is 133 Å². The summed E-state index contributed by atoms with van der Waals surface area (Å²) in [4.78, 5) is 17.4. The summed E-state index contributed by atoms with van der Waals surface area (Å²) in [6, 6.07) is 11.7. The summed E-state index contributed by atoms with van der Waals surface area (Å²) in [6.45, 7) is 1.99. The van der Waals surface area contributed by atoms with Gasteiger partial charge in [0.2, 0.25) is 0 Å².